The summed E-state index contributed by atoms with van der Waals surface area (Å²) in [5.74, 6) is -3.27. The molecule has 7 aromatic rings. The molecule has 8 N–H and O–H groups in total. The summed E-state index contributed by atoms with van der Waals surface area (Å²) in [6.45, 7) is 34.0. The lowest BCUT2D eigenvalue weighted by atomic mass is 9.94. The second kappa shape index (κ2) is 43.6. The Kier molecular flexibility index (Phi) is 38.1. The third-order valence-corrected chi connectivity index (χ3v) is 15.3. The molecule has 0 fully saturated rings. The SMILES string of the molecule is COc1ccc(C(=O)O)cc1C.Cc1cc(OCC(=O)O)cc(C(C)C)c1C.Cc1cc(OCC(C)(C)C(=O)O)cc(C)c1C.Cc1ccc(CCC(=O)O)cc1.Cc1ccc(OCC(=O)O)c(C(=O)O)c1.Cc1ccc(OCC(=O)O)cc1C(C)C.Cc1ccc(OCC(C)(C)C(=O)O)cc1. The van der Waals surface area contributed by atoms with Crippen LogP contribution in [0.15, 0.2) is 127 Å². The normalized spacial score (nSPS) is 10.4. The Balaban J connectivity index is 0.000000597. The maximum absolute atomic E-state index is 11.0. The molecule has 22 nitrogen and oxygen atoms in total. The van der Waals surface area contributed by atoms with Gasteiger partial charge >= 0.3 is 47.8 Å². The largest absolute Gasteiger partial charge is 0.496 e. The van der Waals surface area contributed by atoms with Gasteiger partial charge in [-0.15, -0.1) is 0 Å². The molecule has 7 aromatic carbocycles. The number of ether oxygens (including phenoxy) is 6. The van der Waals surface area contributed by atoms with Crippen molar-refractivity contribution in [1.82, 2.24) is 0 Å². The molecule has 0 aromatic heterocycles. The van der Waals surface area contributed by atoms with E-state index in [2.05, 4.69) is 41.5 Å². The predicted octanol–water partition coefficient (Wildman–Crippen LogP) is 15.9. The van der Waals surface area contributed by atoms with Gasteiger partial charge in [0.2, 0.25) is 0 Å². The van der Waals surface area contributed by atoms with Crippen molar-refractivity contribution in [3.63, 3.8) is 0 Å². The number of methoxy groups -OCH3 is 1. The molecule has 0 unspecified atom stereocenters. The summed E-state index contributed by atoms with van der Waals surface area (Å²) in [5.41, 5.74) is 13.1. The standard InChI is InChI=1S/C14H20O3.C13H18O3.2C12H16O3.C10H10O5.C10H12O2.C9H10O3/c1-9-6-12(7-10(2)11(9)3)17-8-14(4,5)13(15)16;1-8(2)12-6-11(16-7-13(14)15)5-9(3)10(12)4;1-9-4-6-10(7-5-9)15-8-12(2,3)11(13)14;1-8(2)11-6-10(5-4-9(11)3)15-7-12(13)14;1-6-2-3-8(15-5-9(11)12)7(4-6)10(13)14;1-8-2-4-9(5-3-8)6-7-10(11)12;1-6-5-7(9(10)11)3-4-8(6)12-2/h6-7H,8H2,1-5H3,(H,15,16);5-6,8H,7H2,1-4H3,(H,14,15);4-7H,8H2,1-3H3,(H,13,14);4-6,8H,7H2,1-3H3,(H,13,14);2-4H,5H2,1H3,(H,11,12)(H,13,14);2-5H,6-7H2,1H3,(H,11,12);3-5H,1-2H3,(H,10,11). The van der Waals surface area contributed by atoms with E-state index in [1.54, 1.807) is 66.0 Å². The van der Waals surface area contributed by atoms with E-state index < -0.39 is 65.2 Å². The molecule has 0 saturated carbocycles. The van der Waals surface area contributed by atoms with Crippen LogP contribution < -0.4 is 28.4 Å². The smallest absolute Gasteiger partial charge is 0.341 e. The number of aromatic carboxylic acids is 2. The summed E-state index contributed by atoms with van der Waals surface area (Å²) in [4.78, 5) is 84.3. The van der Waals surface area contributed by atoms with Gasteiger partial charge in [-0.1, -0.05) is 92.9 Å². The van der Waals surface area contributed by atoms with Crippen LogP contribution in [0.3, 0.4) is 0 Å². The Morgan fingerprint density at radius 1 is 0.373 bits per heavy atom. The molecule has 0 aliphatic heterocycles. The summed E-state index contributed by atoms with van der Waals surface area (Å²) in [5, 5.41) is 69.2. The van der Waals surface area contributed by atoms with Gasteiger partial charge in [-0.2, -0.15) is 0 Å². The van der Waals surface area contributed by atoms with Gasteiger partial charge in [0, 0.05) is 6.42 Å². The molecule has 0 aliphatic carbocycles. The highest BCUT2D eigenvalue weighted by molar-refractivity contribution is 5.91. The number of carboxylic acid groups (broad SMARTS) is 8. The molecule has 22 heteroatoms. The van der Waals surface area contributed by atoms with Crippen LogP contribution in [0, 0.1) is 80.1 Å². The molecule has 0 saturated heterocycles. The van der Waals surface area contributed by atoms with Crippen molar-refractivity contribution in [3.05, 3.63) is 211 Å². The fourth-order valence-electron chi connectivity index (χ4n) is 8.61. The third kappa shape index (κ3) is 34.2. The van der Waals surface area contributed by atoms with Gasteiger partial charge in [0.25, 0.3) is 0 Å². The van der Waals surface area contributed by atoms with E-state index in [1.807, 2.05) is 133 Å². The number of carbonyl (C=O) groups is 8. The van der Waals surface area contributed by atoms with Gasteiger partial charge in [0.05, 0.1) is 23.5 Å². The third-order valence-electron chi connectivity index (χ3n) is 15.3. The molecule has 0 atom stereocenters. The molecule has 0 aliphatic rings. The van der Waals surface area contributed by atoms with Crippen molar-refractivity contribution in [1.29, 1.82) is 0 Å². The van der Waals surface area contributed by atoms with Gasteiger partial charge in [0.15, 0.2) is 19.8 Å². The second-order valence-corrected chi connectivity index (χ2v) is 26.0. The first kappa shape index (κ1) is 89.1. The van der Waals surface area contributed by atoms with Gasteiger partial charge in [0.1, 0.15) is 53.3 Å². The van der Waals surface area contributed by atoms with Crippen LogP contribution in [-0.2, 0) is 35.2 Å². The van der Waals surface area contributed by atoms with Crippen LogP contribution in [0.1, 0.15) is 167 Å². The van der Waals surface area contributed by atoms with Crippen molar-refractivity contribution in [2.45, 2.75) is 149 Å². The Morgan fingerprint density at radius 3 is 1.22 bits per heavy atom. The minimum absolute atomic E-state index is 0.0312. The summed E-state index contributed by atoms with van der Waals surface area (Å²) in [6, 6.07) is 38.1. The average molecular weight is 1420 g/mol. The number of aliphatic carboxylic acids is 6. The lowest BCUT2D eigenvalue weighted by molar-refractivity contribution is -0.149. The van der Waals surface area contributed by atoms with Gasteiger partial charge in [-0.25, -0.2) is 24.0 Å². The van der Waals surface area contributed by atoms with Gasteiger partial charge < -0.3 is 69.3 Å². The minimum atomic E-state index is -1.15. The molecular weight excluding hydrogens is 1310 g/mol. The molecular formula is C80H102O22. The zero-order valence-electron chi connectivity index (χ0n) is 62.0. The van der Waals surface area contributed by atoms with E-state index in [0.717, 1.165) is 44.7 Å². The molecule has 0 amide bonds. The number of aryl methyl sites for hydroxylation is 9. The molecule has 102 heavy (non-hydrogen) atoms. The quantitative estimate of drug-likeness (QED) is 0.0263. The van der Waals surface area contributed by atoms with Crippen molar-refractivity contribution < 1.29 is 108 Å². The minimum Gasteiger partial charge on any atom is -0.496 e. The zero-order chi connectivity index (χ0) is 77.9. The van der Waals surface area contributed by atoms with Crippen molar-refractivity contribution in [2.75, 3.05) is 40.1 Å². The number of benzene rings is 7. The Labute approximate surface area is 598 Å². The molecule has 0 heterocycles. The average Bonchev–Trinajstić information content (AvgIpc) is 0.851. The fraction of sp³-hybridized carbons (Fsp3) is 0.375. The second-order valence-electron chi connectivity index (χ2n) is 26.0. The molecule has 0 bridgehead atoms. The molecule has 0 spiro atoms. The Hall–Kier alpha value is -10.9. The van der Waals surface area contributed by atoms with Crippen molar-refractivity contribution in [3.8, 4) is 34.5 Å². The fourth-order valence-corrected chi connectivity index (χ4v) is 8.61. The lowest BCUT2D eigenvalue weighted by Crippen LogP contribution is -2.30. The maximum atomic E-state index is 11.0. The predicted molar refractivity (Wildman–Crippen MR) is 390 cm³/mol. The van der Waals surface area contributed by atoms with E-state index in [1.165, 1.54) is 51.6 Å². The molecule has 554 valence electrons. The van der Waals surface area contributed by atoms with E-state index in [0.29, 0.717) is 41.3 Å². The van der Waals surface area contributed by atoms with Crippen LogP contribution in [0.4, 0.5) is 0 Å². The van der Waals surface area contributed by atoms with Crippen LogP contribution in [0.5, 0.6) is 34.5 Å². The van der Waals surface area contributed by atoms with Crippen LogP contribution >= 0.6 is 0 Å². The van der Waals surface area contributed by atoms with Crippen molar-refractivity contribution >= 4 is 47.8 Å². The number of hydrogen-bond donors (Lipinski definition) is 8. The highest BCUT2D eigenvalue weighted by Gasteiger charge is 2.29. The van der Waals surface area contributed by atoms with Crippen molar-refractivity contribution in [2.24, 2.45) is 10.8 Å². The number of hydrogen-bond acceptors (Lipinski definition) is 14. The number of rotatable bonds is 25. The summed E-state index contributed by atoms with van der Waals surface area (Å²) in [7, 11) is 1.56. The summed E-state index contributed by atoms with van der Waals surface area (Å²) >= 11 is 0. The van der Waals surface area contributed by atoms with Crippen LogP contribution in [0.25, 0.3) is 0 Å². The number of carboxylic acids is 8. The first-order valence-electron chi connectivity index (χ1n) is 32.5. The zero-order valence-corrected chi connectivity index (χ0v) is 62.0. The highest BCUT2D eigenvalue weighted by atomic mass is 16.5. The van der Waals surface area contributed by atoms with E-state index in [9.17, 15) is 38.4 Å². The van der Waals surface area contributed by atoms with Crippen LogP contribution in [-0.4, -0.2) is 129 Å². The van der Waals surface area contributed by atoms with E-state index in [-0.39, 0.29) is 49.7 Å². The first-order valence-corrected chi connectivity index (χ1v) is 32.5. The maximum Gasteiger partial charge on any atom is 0.341 e. The monoisotopic (exact) mass is 1410 g/mol. The molecule has 0 radical (unpaired) electrons. The topological polar surface area (TPSA) is 354 Å². The van der Waals surface area contributed by atoms with Gasteiger partial charge in [-0.05, 0) is 250 Å². The Bertz CT molecular complexity index is 3880. The highest BCUT2D eigenvalue weighted by Crippen LogP contribution is 2.29. The summed E-state index contributed by atoms with van der Waals surface area (Å²) < 4.78 is 31.1. The van der Waals surface area contributed by atoms with E-state index >= 15 is 0 Å². The van der Waals surface area contributed by atoms with Crippen LogP contribution in [0.2, 0.25) is 0 Å². The Morgan fingerprint density at radius 2 is 0.784 bits per heavy atom. The molecule has 7 rings (SSSR count). The first-order chi connectivity index (χ1) is 47.4. The van der Waals surface area contributed by atoms with Gasteiger partial charge in [-0.3, -0.25) is 14.4 Å². The lowest BCUT2D eigenvalue weighted by Gasteiger charge is -2.20. The summed E-state index contributed by atoms with van der Waals surface area (Å²) in [6.07, 6.45) is 0.832. The van der Waals surface area contributed by atoms with E-state index in [4.69, 9.17) is 69.3 Å².